The molecule has 14 heteroatoms. The number of hydrogen-bond donors (Lipinski definition) is 8. The van der Waals surface area contributed by atoms with Gasteiger partial charge in [-0.25, -0.2) is 0 Å². The standard InChI is InChI=1S/C4H13N3.5C2H4O2.K/c5-1-3-7-4-2-6;5*1-2(3)4;/h7H,1-6H2;5*1H3,(H,3,4);. The fourth-order valence-corrected chi connectivity index (χ4v) is 0.329. The van der Waals surface area contributed by atoms with Gasteiger partial charge in [0.25, 0.3) is 29.8 Å². The SMILES string of the molecule is CC(=O)O.CC(=O)O.CC(=O)O.CC(=O)O.CC(=O)O.NCCNCCN.[K]. The Balaban J connectivity index is -0.0000000382. The molecule has 0 amide bonds. The van der Waals surface area contributed by atoms with Crippen LogP contribution in [-0.4, -0.2) is 133 Å². The molecule has 0 aromatic heterocycles. The van der Waals surface area contributed by atoms with Gasteiger partial charge in [0.05, 0.1) is 0 Å². The molecule has 0 aliphatic carbocycles. The zero-order valence-corrected chi connectivity index (χ0v) is 20.4. The van der Waals surface area contributed by atoms with Crippen molar-refractivity contribution in [2.24, 2.45) is 11.5 Å². The fourth-order valence-electron chi connectivity index (χ4n) is 0.329. The van der Waals surface area contributed by atoms with E-state index < -0.39 is 29.8 Å². The van der Waals surface area contributed by atoms with Gasteiger partial charge in [0, 0.05) is 112 Å². The Bertz CT molecular complexity index is 289. The molecule has 0 aromatic carbocycles. The van der Waals surface area contributed by atoms with E-state index >= 15 is 0 Å². The Morgan fingerprint density at radius 1 is 0.571 bits per heavy atom. The topological polar surface area (TPSA) is 251 Å². The van der Waals surface area contributed by atoms with Gasteiger partial charge in [-0.1, -0.05) is 0 Å². The summed E-state index contributed by atoms with van der Waals surface area (Å²) in [5.74, 6) is -4.17. The monoisotopic (exact) mass is 442 g/mol. The van der Waals surface area contributed by atoms with Crippen molar-refractivity contribution >= 4 is 81.2 Å². The minimum Gasteiger partial charge on any atom is -0.481 e. The summed E-state index contributed by atoms with van der Waals surface area (Å²) in [6.45, 7) is 8.55. The first kappa shape index (κ1) is 45.5. The van der Waals surface area contributed by atoms with Crippen LogP contribution in [-0.2, 0) is 24.0 Å². The minimum atomic E-state index is -0.833. The zero-order chi connectivity index (χ0) is 23.4. The van der Waals surface area contributed by atoms with Gasteiger partial charge in [0.2, 0.25) is 0 Å². The number of carboxylic acid groups (broad SMARTS) is 5. The number of aliphatic carboxylic acids is 5. The number of hydrogen-bond acceptors (Lipinski definition) is 8. The quantitative estimate of drug-likeness (QED) is 0.184. The predicted molar refractivity (Wildman–Crippen MR) is 103 cm³/mol. The zero-order valence-electron chi connectivity index (χ0n) is 17.3. The number of nitrogens with two attached hydrogens (primary N) is 2. The van der Waals surface area contributed by atoms with Crippen LogP contribution in [0.15, 0.2) is 0 Å². The van der Waals surface area contributed by atoms with Crippen molar-refractivity contribution in [2.75, 3.05) is 26.2 Å². The summed E-state index contributed by atoms with van der Waals surface area (Å²) in [6.07, 6.45) is 0. The van der Waals surface area contributed by atoms with Gasteiger partial charge in [-0.05, 0) is 0 Å². The number of rotatable bonds is 4. The van der Waals surface area contributed by atoms with Crippen molar-refractivity contribution in [2.45, 2.75) is 34.6 Å². The van der Waals surface area contributed by atoms with E-state index in [1.807, 2.05) is 0 Å². The van der Waals surface area contributed by atoms with Gasteiger partial charge < -0.3 is 42.3 Å². The van der Waals surface area contributed by atoms with Crippen LogP contribution in [0.2, 0.25) is 0 Å². The van der Waals surface area contributed by atoms with Gasteiger partial charge in [-0.2, -0.15) is 0 Å². The molecule has 10 N–H and O–H groups in total. The molecule has 165 valence electrons. The summed E-state index contributed by atoms with van der Waals surface area (Å²) >= 11 is 0. The summed E-state index contributed by atoms with van der Waals surface area (Å²) in [6, 6.07) is 0. The third kappa shape index (κ3) is 1720. The first-order chi connectivity index (χ1) is 12.1. The second-order valence-corrected chi connectivity index (χ2v) is 3.92. The molecule has 0 aliphatic rings. The fraction of sp³-hybridized carbons (Fsp3) is 0.643. The van der Waals surface area contributed by atoms with E-state index in [1.54, 1.807) is 0 Å². The molecule has 28 heavy (non-hydrogen) atoms. The van der Waals surface area contributed by atoms with Gasteiger partial charge in [0.15, 0.2) is 0 Å². The summed E-state index contributed by atoms with van der Waals surface area (Å²) in [4.78, 5) is 45.0. The van der Waals surface area contributed by atoms with Crippen LogP contribution >= 0.6 is 0 Å². The Kier molecular flexibility index (Phi) is 73.1. The molecule has 13 nitrogen and oxygen atoms in total. The van der Waals surface area contributed by atoms with Gasteiger partial charge in [0.1, 0.15) is 0 Å². The maximum absolute atomic E-state index is 9.00. The van der Waals surface area contributed by atoms with E-state index in [0.29, 0.717) is 13.1 Å². The normalized spacial score (nSPS) is 6.82. The molecule has 0 unspecified atom stereocenters. The molecular formula is C14H33KN3O10. The van der Waals surface area contributed by atoms with Crippen molar-refractivity contribution in [1.29, 1.82) is 0 Å². The van der Waals surface area contributed by atoms with Crippen LogP contribution in [0, 0.1) is 0 Å². The van der Waals surface area contributed by atoms with Crippen LogP contribution in [0.25, 0.3) is 0 Å². The summed E-state index contributed by atoms with van der Waals surface area (Å²) in [5.41, 5.74) is 10.3. The molecule has 0 saturated heterocycles. The summed E-state index contributed by atoms with van der Waals surface area (Å²) in [7, 11) is 0. The van der Waals surface area contributed by atoms with Crippen molar-refractivity contribution in [1.82, 2.24) is 5.32 Å². The molecule has 0 bridgehead atoms. The van der Waals surface area contributed by atoms with Crippen LogP contribution < -0.4 is 16.8 Å². The number of carbonyl (C=O) groups is 5. The predicted octanol–water partition coefficient (Wildman–Crippen LogP) is -1.43. The maximum atomic E-state index is 9.00. The first-order valence-electron chi connectivity index (χ1n) is 7.16. The van der Waals surface area contributed by atoms with Crippen LogP contribution in [0.1, 0.15) is 34.6 Å². The van der Waals surface area contributed by atoms with E-state index in [9.17, 15) is 0 Å². The second-order valence-electron chi connectivity index (χ2n) is 3.92. The van der Waals surface area contributed by atoms with E-state index in [1.165, 1.54) is 0 Å². The van der Waals surface area contributed by atoms with E-state index in [4.69, 9.17) is 61.0 Å². The van der Waals surface area contributed by atoms with Crippen molar-refractivity contribution in [3.05, 3.63) is 0 Å². The molecule has 1 radical (unpaired) electrons. The first-order valence-corrected chi connectivity index (χ1v) is 7.16. The van der Waals surface area contributed by atoms with E-state index in [-0.39, 0.29) is 51.4 Å². The third-order valence-electron chi connectivity index (χ3n) is 0.642. The van der Waals surface area contributed by atoms with Gasteiger partial charge in [-0.3, -0.25) is 24.0 Å². The molecule has 0 atom stereocenters. The molecule has 0 fully saturated rings. The summed E-state index contributed by atoms with van der Waals surface area (Å²) in [5, 5.41) is 40.1. The van der Waals surface area contributed by atoms with Crippen molar-refractivity contribution < 1.29 is 49.5 Å². The number of carboxylic acids is 5. The molecule has 0 heterocycles. The summed E-state index contributed by atoms with van der Waals surface area (Å²) < 4.78 is 0. The maximum Gasteiger partial charge on any atom is 0.300 e. The molecule has 0 rings (SSSR count). The van der Waals surface area contributed by atoms with Gasteiger partial charge in [-0.15, -0.1) is 0 Å². The Morgan fingerprint density at radius 3 is 0.750 bits per heavy atom. The van der Waals surface area contributed by atoms with Crippen molar-refractivity contribution in [3.8, 4) is 0 Å². The van der Waals surface area contributed by atoms with Crippen LogP contribution in [0.3, 0.4) is 0 Å². The largest absolute Gasteiger partial charge is 0.481 e. The molecule has 0 aromatic rings. The Labute approximate surface area is 206 Å². The second kappa shape index (κ2) is 44.9. The van der Waals surface area contributed by atoms with Gasteiger partial charge >= 0.3 is 0 Å². The number of nitrogens with one attached hydrogen (secondary N) is 1. The molecule has 0 spiro atoms. The Morgan fingerprint density at radius 2 is 0.679 bits per heavy atom. The van der Waals surface area contributed by atoms with Crippen LogP contribution in [0.5, 0.6) is 0 Å². The Hall–Kier alpha value is -1.13. The molecule has 0 saturated carbocycles. The third-order valence-corrected chi connectivity index (χ3v) is 0.642. The van der Waals surface area contributed by atoms with E-state index in [0.717, 1.165) is 47.7 Å². The smallest absolute Gasteiger partial charge is 0.300 e. The van der Waals surface area contributed by atoms with Crippen LogP contribution in [0.4, 0.5) is 0 Å². The average molecular weight is 443 g/mol. The average Bonchev–Trinajstić information content (AvgIpc) is 2.35. The minimum absolute atomic E-state index is 0. The van der Waals surface area contributed by atoms with Crippen molar-refractivity contribution in [3.63, 3.8) is 0 Å². The molecular weight excluding hydrogens is 409 g/mol. The van der Waals surface area contributed by atoms with E-state index in [2.05, 4.69) is 5.32 Å². The molecule has 0 aliphatic heterocycles.